The van der Waals surface area contributed by atoms with Crippen molar-refractivity contribution < 1.29 is 42.5 Å². The number of carbonyl (C=O) groups excluding carboxylic acids is 1. The molecule has 598 valence electrons. The molecule has 0 aromatic carbocycles. The van der Waals surface area contributed by atoms with E-state index in [2.05, 4.69) is 445 Å². The molecule has 0 bridgehead atoms. The van der Waals surface area contributed by atoms with E-state index < -0.39 is 116 Å². The van der Waals surface area contributed by atoms with Crippen LogP contribution in [0.2, 0.25) is 81.6 Å². The first-order valence-electron chi connectivity index (χ1n) is 36.2. The number of esters is 1. The summed E-state index contributed by atoms with van der Waals surface area (Å²) >= 11 is 0. The molecule has 0 aliphatic carbocycles. The van der Waals surface area contributed by atoms with Gasteiger partial charge in [0.05, 0.1) is 6.61 Å². The van der Waals surface area contributed by atoms with Crippen LogP contribution in [0.15, 0.2) is 12.7 Å². The molecule has 0 rings (SSSR count). The van der Waals surface area contributed by atoms with Crippen LogP contribution >= 0.6 is 0 Å². The van der Waals surface area contributed by atoms with Crippen molar-refractivity contribution in [3.05, 3.63) is 12.7 Å². The van der Waals surface area contributed by atoms with E-state index in [4.69, 9.17) is 134 Å². The van der Waals surface area contributed by atoms with Crippen molar-refractivity contribution in [2.75, 3.05) is 6.61 Å². The van der Waals surface area contributed by atoms with E-state index in [1.807, 2.05) is 39.3 Å². The molecule has 0 N–H and O–H groups in total. The number of hydrogen-bond donors (Lipinski definition) is 0. The Bertz CT molecular complexity index is 6250. The molecule has 0 atom stereocenters. The third-order valence-corrected chi connectivity index (χ3v) is 52.9. The van der Waals surface area contributed by atoms with Crippen LogP contribution < -0.4 is 0 Å². The second-order valence-electron chi connectivity index (χ2n) is 24.2. The van der Waals surface area contributed by atoms with Crippen molar-refractivity contribution in [3.63, 3.8) is 0 Å². The molecule has 0 saturated heterocycles. The van der Waals surface area contributed by atoms with Crippen molar-refractivity contribution in [1.82, 2.24) is 0 Å². The summed E-state index contributed by atoms with van der Waals surface area (Å²) in [4.78, 5) is 13.1. The summed E-state index contributed by atoms with van der Waals surface area (Å²) in [6.07, 6.45) is 84.8. The number of terminal acetylenes is 15. The van der Waals surface area contributed by atoms with Gasteiger partial charge in [0.1, 0.15) is 19.5 Å². The third kappa shape index (κ3) is 52.1. The second-order valence-corrected chi connectivity index (χ2v) is 60.0. The van der Waals surface area contributed by atoms with Gasteiger partial charge in [-0.05, 0) is 431 Å². The Morgan fingerprint density at radius 1 is 0.238 bits per heavy atom. The molecule has 0 aromatic heterocycles. The van der Waals surface area contributed by atoms with Crippen LogP contribution in [0.5, 0.6) is 0 Å². The Balaban J connectivity index is 11.4. The highest BCUT2D eigenvalue weighted by molar-refractivity contribution is 7.08. The summed E-state index contributed by atoms with van der Waals surface area (Å²) in [6, 6.07) is 0.671. The molecule has 0 heterocycles. The predicted octanol–water partition coefficient (Wildman–Crippen LogP) is 3.15. The van der Waals surface area contributed by atoms with Gasteiger partial charge in [0, 0.05) is 18.2 Å². The molecule has 22 heteroatoms. The normalized spacial score (nSPS) is 8.85. The SMILES string of the molecule is C#CC#CC#C[Si](C#CC#CC#C)(C#CC#CC#C)O[SiH2]CC[Si](C)(C)O[Si](CCCOC(=O)C=C)(O[Si](C)(C)CC[SiH2]O[Si](C#CC#CC#C)(C#CC#CC#C)C#CC#CC#C)O[Si](C)(C)CC[Si](O[Si](C#CC#CC#C)(C#CC#CC#C)C#CC#CC#C)(O[Si](C#CC#CC#C)(C#CC#CC#C)C#CC#CC#C)O[Si](C#CC#CC#C)(C#CC#CC#C)C#CC#CC#C. The van der Waals surface area contributed by atoms with Gasteiger partial charge in [-0.1, -0.05) is 89.7 Å². The number of rotatable bonds is 30. The van der Waals surface area contributed by atoms with E-state index >= 15 is 0 Å². The highest BCUT2D eigenvalue weighted by Gasteiger charge is 2.60. The van der Waals surface area contributed by atoms with E-state index in [9.17, 15) is 4.79 Å². The minimum atomic E-state index is -5.66. The molecule has 0 aliphatic heterocycles. The standard InChI is InChI=1S/C108H58O10Si12/c1-23-39-54-69-88-124(89-70-55-40-24-2,90-71-56-41-25-3)111-119-86-104-121(17,18)113-129(103-84-85-110-108(109)38-16,114-122(19,20)105-87-120-112-125(91-72-57-42-26-4,92-73-58-43-27-5)93-74-59-44-28-6)115-123(21,22)106-107-130(116-126(94-75-60-45-29-7,95-76-61-46-30-8)96-77-62-47-31-9,117-127(97-78-63-48-32-10,98-79-64-49-33-11)99-80-65-50-34-12)118-128(100-81-66-51-35-13,101-82-67-52-36-14)102-83-68-53-37-15/h1-15,38H,16,84-87,103-107,119-120H2,17-22H3. The first kappa shape index (κ1) is 112. The quantitative estimate of drug-likeness (QED) is 0.0351. The topological polar surface area (TPSA) is 100 Å². The molecule has 0 unspecified atom stereocenters. The Labute approximate surface area is 787 Å². The maximum atomic E-state index is 13.1. The zero-order chi connectivity index (χ0) is 96.5. The van der Waals surface area contributed by atoms with Gasteiger partial charge in [0.25, 0.3) is 0 Å². The molecule has 10 nitrogen and oxygen atoms in total. The fraction of sp³-hybridized carbons (Fsp3) is 0.139. The van der Waals surface area contributed by atoms with E-state index in [0.717, 1.165) is 6.08 Å². The summed E-state index contributed by atoms with van der Waals surface area (Å²) in [5.74, 6) is 149. The molecule has 0 aliphatic rings. The minimum absolute atomic E-state index is 0.0407. The van der Waals surface area contributed by atoms with Gasteiger partial charge in [-0.25, -0.2) is 4.79 Å². The Hall–Kier alpha value is -18.3. The molecule has 0 amide bonds. The van der Waals surface area contributed by atoms with Gasteiger partial charge in [-0.3, -0.25) is 0 Å². The molecular formula is C108H58O10Si12. The number of hydrogen-bond acceptors (Lipinski definition) is 10. The van der Waals surface area contributed by atoms with Crippen molar-refractivity contribution in [2.45, 2.75) is 88.0 Å². The molecule has 0 fully saturated rings. The number of ether oxygens (including phenoxy) is 1. The lowest BCUT2D eigenvalue weighted by Gasteiger charge is -2.46. The van der Waals surface area contributed by atoms with Gasteiger partial charge in [0.2, 0.25) is 0 Å². The molecule has 0 saturated carbocycles. The minimum Gasteiger partial charge on any atom is -0.463 e. The maximum Gasteiger partial charge on any atom is 0.475 e. The molecular weight excluding hydrogens is 1790 g/mol. The van der Waals surface area contributed by atoms with Crippen LogP contribution in [-0.4, -0.2) is 116 Å². The zero-order valence-corrected chi connectivity index (χ0v) is 83.6. The van der Waals surface area contributed by atoms with E-state index in [1.165, 1.54) is 0 Å². The van der Waals surface area contributed by atoms with Gasteiger partial charge in [-0.2, -0.15) is 0 Å². The summed E-state index contributed by atoms with van der Waals surface area (Å²) in [6.45, 7) is 15.0. The highest BCUT2D eigenvalue weighted by Crippen LogP contribution is 2.38. The Morgan fingerprint density at radius 2 is 0.415 bits per heavy atom. The summed E-state index contributed by atoms with van der Waals surface area (Å²) in [5, 5.41) is 0. The van der Waals surface area contributed by atoms with Crippen LogP contribution in [-0.2, 0) is 42.5 Å². The first-order valence-corrected chi connectivity index (χ1v) is 62.1. The molecule has 0 radical (unpaired) electrons. The van der Waals surface area contributed by atoms with Crippen LogP contribution in [0.3, 0.4) is 0 Å². The smallest absolute Gasteiger partial charge is 0.463 e. The van der Waals surface area contributed by atoms with E-state index in [1.54, 1.807) is 0 Å². The number of carbonyl (C=O) groups is 1. The van der Waals surface area contributed by atoms with Crippen LogP contribution in [0, 0.1) is 535 Å². The molecule has 130 heavy (non-hydrogen) atoms. The summed E-state index contributed by atoms with van der Waals surface area (Å²) in [7, 11) is -46.9. The largest absolute Gasteiger partial charge is 0.475 e. The lowest BCUT2D eigenvalue weighted by Crippen LogP contribution is -2.65. The van der Waals surface area contributed by atoms with Crippen molar-refractivity contribution in [2.24, 2.45) is 0 Å². The zero-order valence-electron chi connectivity index (χ0n) is 70.8. The lowest BCUT2D eigenvalue weighted by atomic mass is 10.5. The average molecular weight is 1850 g/mol. The van der Waals surface area contributed by atoms with Crippen molar-refractivity contribution in [3.8, 4) is 535 Å². The van der Waals surface area contributed by atoms with Gasteiger partial charge < -0.3 is 37.7 Å². The van der Waals surface area contributed by atoms with Crippen LogP contribution in [0.4, 0.5) is 0 Å². The molecule has 0 aromatic rings. The van der Waals surface area contributed by atoms with Gasteiger partial charge in [-0.15, -0.1) is 96.4 Å². The fourth-order valence-corrected chi connectivity index (χ4v) is 55.2. The average Bonchev–Trinajstić information content (AvgIpc) is 0.743. The monoisotopic (exact) mass is 1850 g/mol. The Kier molecular flexibility index (Phi) is 57.8. The second kappa shape index (κ2) is 67.3. The first-order chi connectivity index (χ1) is 62.7. The third-order valence-electron chi connectivity index (χ3n) is 13.3. The Morgan fingerprint density at radius 3 is 0.600 bits per heavy atom. The predicted molar refractivity (Wildman–Crippen MR) is 544 cm³/mol. The lowest BCUT2D eigenvalue weighted by molar-refractivity contribution is -0.137. The summed E-state index contributed by atoms with van der Waals surface area (Å²) in [5.41, 5.74) is 45.2. The van der Waals surface area contributed by atoms with E-state index in [-0.39, 0.29) is 25.1 Å². The van der Waals surface area contributed by atoms with Crippen LogP contribution in [0.1, 0.15) is 6.42 Å². The van der Waals surface area contributed by atoms with Crippen LogP contribution in [0.25, 0.3) is 0 Å². The molecule has 0 spiro atoms. The van der Waals surface area contributed by atoms with Gasteiger partial charge in [0.15, 0.2) is 25.0 Å². The maximum absolute atomic E-state index is 13.1. The van der Waals surface area contributed by atoms with Crippen molar-refractivity contribution in [1.29, 1.82) is 0 Å². The van der Waals surface area contributed by atoms with E-state index in [0.29, 0.717) is 24.2 Å². The fourth-order valence-electron chi connectivity index (χ4n) is 8.68. The summed E-state index contributed by atoms with van der Waals surface area (Å²) < 4.78 is 66.1. The van der Waals surface area contributed by atoms with Gasteiger partial charge >= 0.3 is 65.2 Å². The highest BCUT2D eigenvalue weighted by atomic mass is 28.5. The van der Waals surface area contributed by atoms with Crippen molar-refractivity contribution >= 4 is 110 Å².